The van der Waals surface area contributed by atoms with Gasteiger partial charge in [0.25, 0.3) is 0 Å². The lowest BCUT2D eigenvalue weighted by Gasteiger charge is -2.20. The molecule has 0 aliphatic rings. The number of alkyl halides is 3. The lowest BCUT2D eigenvalue weighted by molar-refractivity contribution is -0.136. The normalized spacial score (nSPS) is 11.9. The van der Waals surface area contributed by atoms with E-state index in [4.69, 9.17) is 5.73 Å². The fraction of sp³-hybridized carbons (Fsp3) is 0.571. The summed E-state index contributed by atoms with van der Waals surface area (Å²) in [6.07, 6.45) is -3.35. The Bertz CT molecular complexity index is 419. The number of benzene rings is 1. The molecule has 20 heavy (non-hydrogen) atoms. The third-order valence-corrected chi connectivity index (χ3v) is 3.10. The highest BCUT2D eigenvalue weighted by Crippen LogP contribution is 2.35. The second-order valence-corrected chi connectivity index (χ2v) is 4.66. The molecule has 0 aliphatic carbocycles. The van der Waals surface area contributed by atoms with E-state index in [-0.39, 0.29) is 5.69 Å². The zero-order valence-electron chi connectivity index (χ0n) is 11.9. The van der Waals surface area contributed by atoms with Crippen molar-refractivity contribution in [1.29, 1.82) is 0 Å². The first-order valence-corrected chi connectivity index (χ1v) is 6.81. The number of nitrogens with zero attached hydrogens (tertiary/aromatic N) is 1. The molecule has 0 unspecified atom stereocenters. The molecule has 0 bridgehead atoms. The van der Waals surface area contributed by atoms with Crippen molar-refractivity contribution in [1.82, 2.24) is 4.90 Å². The summed E-state index contributed by atoms with van der Waals surface area (Å²) in [4.78, 5) is 2.25. The number of likely N-dealkylation sites (N-methyl/N-ethyl adjacent to an activating group) is 1. The maximum atomic E-state index is 12.7. The highest BCUT2D eigenvalue weighted by Gasteiger charge is 2.33. The largest absolute Gasteiger partial charge is 0.418 e. The van der Waals surface area contributed by atoms with Gasteiger partial charge in [-0.1, -0.05) is 13.8 Å². The van der Waals surface area contributed by atoms with Crippen LogP contribution in [0.25, 0.3) is 0 Å². The van der Waals surface area contributed by atoms with Crippen molar-refractivity contribution in [3.8, 4) is 0 Å². The lowest BCUT2D eigenvalue weighted by atomic mass is 10.1. The molecule has 0 saturated heterocycles. The van der Waals surface area contributed by atoms with Crippen molar-refractivity contribution in [3.63, 3.8) is 0 Å². The predicted octanol–water partition coefficient (Wildman–Crippen LogP) is 3.43. The van der Waals surface area contributed by atoms with Gasteiger partial charge in [-0.2, -0.15) is 13.2 Å². The quantitative estimate of drug-likeness (QED) is 0.756. The topological polar surface area (TPSA) is 41.3 Å². The predicted molar refractivity (Wildman–Crippen MR) is 76.8 cm³/mol. The minimum Gasteiger partial charge on any atom is -0.398 e. The van der Waals surface area contributed by atoms with E-state index >= 15 is 0 Å². The number of anilines is 2. The van der Waals surface area contributed by atoms with Gasteiger partial charge in [-0.05, 0) is 37.7 Å². The van der Waals surface area contributed by atoms with E-state index in [2.05, 4.69) is 24.1 Å². The molecule has 1 rings (SSSR count). The first kappa shape index (κ1) is 16.6. The van der Waals surface area contributed by atoms with Crippen molar-refractivity contribution in [3.05, 3.63) is 23.8 Å². The standard InChI is InChI=1S/C14H22F3N3/c1-3-8-20(4-2)9-7-19-11-5-6-13(18)12(10-11)14(15,16)17/h5-6,10,19H,3-4,7-9,18H2,1-2H3. The van der Waals surface area contributed by atoms with Gasteiger partial charge in [0.15, 0.2) is 0 Å². The molecule has 0 saturated carbocycles. The van der Waals surface area contributed by atoms with Gasteiger partial charge in [0.1, 0.15) is 0 Å². The van der Waals surface area contributed by atoms with Crippen LogP contribution in [0.15, 0.2) is 18.2 Å². The second-order valence-electron chi connectivity index (χ2n) is 4.66. The van der Waals surface area contributed by atoms with Crippen LogP contribution < -0.4 is 11.1 Å². The van der Waals surface area contributed by atoms with Gasteiger partial charge in [0.2, 0.25) is 0 Å². The minimum absolute atomic E-state index is 0.246. The molecule has 1 aromatic rings. The Morgan fingerprint density at radius 1 is 1.20 bits per heavy atom. The summed E-state index contributed by atoms with van der Waals surface area (Å²) in [6, 6.07) is 3.92. The van der Waals surface area contributed by atoms with Gasteiger partial charge in [-0.15, -0.1) is 0 Å². The average molecular weight is 289 g/mol. The van der Waals surface area contributed by atoms with E-state index in [1.54, 1.807) is 6.07 Å². The van der Waals surface area contributed by atoms with E-state index < -0.39 is 11.7 Å². The van der Waals surface area contributed by atoms with Gasteiger partial charge in [-0.3, -0.25) is 0 Å². The van der Waals surface area contributed by atoms with E-state index in [9.17, 15) is 13.2 Å². The van der Waals surface area contributed by atoms with Gasteiger partial charge in [0, 0.05) is 24.5 Å². The molecule has 1 aromatic carbocycles. The number of halogens is 3. The number of hydrogen-bond donors (Lipinski definition) is 2. The number of nitrogens with two attached hydrogens (primary N) is 1. The highest BCUT2D eigenvalue weighted by atomic mass is 19.4. The maximum Gasteiger partial charge on any atom is 0.418 e. The Labute approximate surface area is 117 Å². The first-order valence-electron chi connectivity index (χ1n) is 6.81. The Hall–Kier alpha value is -1.43. The highest BCUT2D eigenvalue weighted by molar-refractivity contribution is 5.58. The summed E-state index contributed by atoms with van der Waals surface area (Å²) in [5.74, 6) is 0. The molecule has 114 valence electrons. The molecule has 0 heterocycles. The Morgan fingerprint density at radius 2 is 1.90 bits per heavy atom. The molecule has 6 heteroatoms. The second kappa shape index (κ2) is 7.38. The van der Waals surface area contributed by atoms with Crippen LogP contribution in [0.1, 0.15) is 25.8 Å². The van der Waals surface area contributed by atoms with Crippen LogP contribution in [-0.2, 0) is 6.18 Å². The fourth-order valence-corrected chi connectivity index (χ4v) is 2.01. The number of rotatable bonds is 7. The van der Waals surface area contributed by atoms with Gasteiger partial charge >= 0.3 is 6.18 Å². The van der Waals surface area contributed by atoms with Crippen molar-refractivity contribution in [2.45, 2.75) is 26.4 Å². The third-order valence-electron chi connectivity index (χ3n) is 3.10. The summed E-state index contributed by atoms with van der Waals surface area (Å²) in [6.45, 7) is 7.51. The number of nitrogens with one attached hydrogen (secondary N) is 1. The van der Waals surface area contributed by atoms with Gasteiger partial charge < -0.3 is 16.0 Å². The molecular weight excluding hydrogens is 267 g/mol. The summed E-state index contributed by atoms with van der Waals surface area (Å²) in [5.41, 5.74) is 4.77. The van der Waals surface area contributed by atoms with E-state index in [0.717, 1.165) is 32.1 Å². The van der Waals surface area contributed by atoms with Crippen LogP contribution in [-0.4, -0.2) is 31.1 Å². The van der Waals surface area contributed by atoms with E-state index in [1.807, 2.05) is 0 Å². The average Bonchev–Trinajstić information content (AvgIpc) is 2.38. The third kappa shape index (κ3) is 4.92. The Balaban J connectivity index is 2.61. The molecule has 0 aromatic heterocycles. The van der Waals surface area contributed by atoms with Crippen molar-refractivity contribution in [2.24, 2.45) is 0 Å². The smallest absolute Gasteiger partial charge is 0.398 e. The van der Waals surface area contributed by atoms with Crippen LogP contribution in [0.5, 0.6) is 0 Å². The lowest BCUT2D eigenvalue weighted by Crippen LogP contribution is -2.29. The summed E-state index contributed by atoms with van der Waals surface area (Å²) >= 11 is 0. The zero-order chi connectivity index (χ0) is 15.2. The SMILES string of the molecule is CCCN(CC)CCNc1ccc(N)c(C(F)(F)F)c1. The molecule has 0 radical (unpaired) electrons. The van der Waals surface area contributed by atoms with Crippen molar-refractivity contribution < 1.29 is 13.2 Å². The summed E-state index contributed by atoms with van der Waals surface area (Å²) in [5, 5.41) is 3.01. The van der Waals surface area contributed by atoms with E-state index in [0.29, 0.717) is 12.2 Å². The molecular formula is C14H22F3N3. The number of nitrogen functional groups attached to an aromatic ring is 1. The molecule has 0 atom stereocenters. The van der Waals surface area contributed by atoms with Crippen LogP contribution >= 0.6 is 0 Å². The van der Waals surface area contributed by atoms with Crippen LogP contribution in [0.2, 0.25) is 0 Å². The molecule has 0 fully saturated rings. The molecule has 0 amide bonds. The monoisotopic (exact) mass is 289 g/mol. The first-order chi connectivity index (χ1) is 9.38. The molecule has 0 spiro atoms. The maximum absolute atomic E-state index is 12.7. The van der Waals surface area contributed by atoms with Crippen molar-refractivity contribution >= 4 is 11.4 Å². The molecule has 0 aliphatic heterocycles. The van der Waals surface area contributed by atoms with Gasteiger partial charge in [-0.25, -0.2) is 0 Å². The van der Waals surface area contributed by atoms with Crippen LogP contribution in [0, 0.1) is 0 Å². The minimum atomic E-state index is -4.42. The Morgan fingerprint density at radius 3 is 2.45 bits per heavy atom. The number of hydrogen-bond acceptors (Lipinski definition) is 3. The Kier molecular flexibility index (Phi) is 6.13. The zero-order valence-corrected chi connectivity index (χ0v) is 11.9. The molecule has 3 N–H and O–H groups in total. The van der Waals surface area contributed by atoms with E-state index in [1.165, 1.54) is 6.07 Å². The molecule has 3 nitrogen and oxygen atoms in total. The summed E-state index contributed by atoms with van der Waals surface area (Å²) in [7, 11) is 0. The summed E-state index contributed by atoms with van der Waals surface area (Å²) < 4.78 is 38.2. The van der Waals surface area contributed by atoms with Crippen LogP contribution in [0.3, 0.4) is 0 Å². The van der Waals surface area contributed by atoms with Crippen molar-refractivity contribution in [2.75, 3.05) is 37.2 Å². The fourth-order valence-electron chi connectivity index (χ4n) is 2.01. The van der Waals surface area contributed by atoms with Crippen LogP contribution in [0.4, 0.5) is 24.5 Å². The van der Waals surface area contributed by atoms with Gasteiger partial charge in [0.05, 0.1) is 5.56 Å².